The highest BCUT2D eigenvalue weighted by Crippen LogP contribution is 2.33. The van der Waals surface area contributed by atoms with Gasteiger partial charge in [0.1, 0.15) is 0 Å². The molecule has 0 aliphatic heterocycles. The molecule has 0 spiro atoms. The van der Waals surface area contributed by atoms with E-state index in [9.17, 15) is 8.42 Å². The van der Waals surface area contributed by atoms with E-state index in [1.165, 1.54) is 0 Å². The fourth-order valence-corrected chi connectivity index (χ4v) is 4.47. The van der Waals surface area contributed by atoms with Crippen LogP contribution in [-0.4, -0.2) is 13.4 Å². The summed E-state index contributed by atoms with van der Waals surface area (Å²) < 4.78 is 33.4. The molecule has 7 heteroatoms. The van der Waals surface area contributed by atoms with E-state index in [0.717, 1.165) is 15.6 Å². The first-order valence-electron chi connectivity index (χ1n) is 9.30. The summed E-state index contributed by atoms with van der Waals surface area (Å²) in [5.41, 5.74) is 2.66. The molecular weight excluding hydrogens is 464 g/mol. The maximum atomic E-state index is 13.3. The molecule has 3 aromatic carbocycles. The van der Waals surface area contributed by atoms with Gasteiger partial charge in [0, 0.05) is 16.6 Å². The summed E-state index contributed by atoms with van der Waals surface area (Å²) in [4.78, 5) is 4.53. The van der Waals surface area contributed by atoms with Crippen LogP contribution in [0.1, 0.15) is 11.1 Å². The summed E-state index contributed by atoms with van der Waals surface area (Å²) in [5, 5.41) is 2.98. The van der Waals surface area contributed by atoms with Gasteiger partial charge in [0.25, 0.3) is 0 Å². The van der Waals surface area contributed by atoms with Gasteiger partial charge >= 0.3 is 0 Å². The van der Waals surface area contributed by atoms with Crippen LogP contribution in [-0.2, 0) is 16.4 Å². The molecule has 1 aromatic heterocycles. The van der Waals surface area contributed by atoms with E-state index in [-0.39, 0.29) is 21.7 Å². The maximum absolute atomic E-state index is 13.3. The number of aryl methyl sites for hydroxylation is 1. The maximum Gasteiger partial charge on any atom is 0.234 e. The molecule has 0 radical (unpaired) electrons. The molecule has 0 aliphatic carbocycles. The Labute approximate surface area is 183 Å². The number of anilines is 1. The Kier molecular flexibility index (Phi) is 5.74. The number of nitrogens with one attached hydrogen (secondary N) is 1. The molecule has 0 bridgehead atoms. The largest absolute Gasteiger partial charge is 0.419 e. The zero-order valence-electron chi connectivity index (χ0n) is 16.2. The van der Waals surface area contributed by atoms with Crippen molar-refractivity contribution in [3.63, 3.8) is 0 Å². The minimum atomic E-state index is -3.86. The first-order chi connectivity index (χ1) is 14.4. The van der Waals surface area contributed by atoms with Crippen molar-refractivity contribution in [2.45, 2.75) is 23.4 Å². The van der Waals surface area contributed by atoms with Crippen LogP contribution >= 0.6 is 15.9 Å². The zero-order valence-corrected chi connectivity index (χ0v) is 18.6. The van der Waals surface area contributed by atoms with Gasteiger partial charge in [-0.15, -0.1) is 0 Å². The third kappa shape index (κ3) is 4.32. The lowest BCUT2D eigenvalue weighted by molar-refractivity contribution is 0.576. The number of oxazole rings is 1. The van der Waals surface area contributed by atoms with Crippen molar-refractivity contribution in [1.82, 2.24) is 4.98 Å². The van der Waals surface area contributed by atoms with Gasteiger partial charge in [0.15, 0.2) is 0 Å². The number of halogens is 1. The van der Waals surface area contributed by atoms with E-state index in [4.69, 9.17) is 4.42 Å². The van der Waals surface area contributed by atoms with Gasteiger partial charge in [-0.25, -0.2) is 8.42 Å². The molecule has 0 aliphatic rings. The predicted octanol–water partition coefficient (Wildman–Crippen LogP) is 5.86. The van der Waals surface area contributed by atoms with Gasteiger partial charge in [-0.3, -0.25) is 0 Å². The van der Waals surface area contributed by atoms with Gasteiger partial charge in [-0.05, 0) is 48.9 Å². The molecule has 4 rings (SSSR count). The van der Waals surface area contributed by atoms with Crippen molar-refractivity contribution in [2.75, 3.05) is 5.32 Å². The van der Waals surface area contributed by atoms with Crippen LogP contribution in [0.3, 0.4) is 0 Å². The first-order valence-corrected chi connectivity index (χ1v) is 11.6. The summed E-state index contributed by atoms with van der Waals surface area (Å²) in [7, 11) is -3.86. The van der Waals surface area contributed by atoms with Crippen LogP contribution < -0.4 is 5.32 Å². The molecule has 0 amide bonds. The van der Waals surface area contributed by atoms with Crippen LogP contribution in [0.5, 0.6) is 0 Å². The van der Waals surface area contributed by atoms with E-state index >= 15 is 0 Å². The summed E-state index contributed by atoms with van der Waals surface area (Å²) in [6, 6.07) is 23.7. The Hall–Kier alpha value is -2.90. The van der Waals surface area contributed by atoms with Crippen molar-refractivity contribution < 1.29 is 12.8 Å². The number of hydrogen-bond donors (Lipinski definition) is 1. The van der Waals surface area contributed by atoms with Gasteiger partial charge < -0.3 is 9.73 Å². The molecule has 0 unspecified atom stereocenters. The minimum Gasteiger partial charge on any atom is -0.419 e. The Morgan fingerprint density at radius 2 is 1.60 bits per heavy atom. The third-order valence-corrected chi connectivity index (χ3v) is 6.78. The molecule has 30 heavy (non-hydrogen) atoms. The third-order valence-electron chi connectivity index (χ3n) is 4.57. The lowest BCUT2D eigenvalue weighted by atomic mass is 10.2. The average molecular weight is 483 g/mol. The molecular formula is C23H19BrN2O3S. The van der Waals surface area contributed by atoms with E-state index in [1.807, 2.05) is 61.5 Å². The first kappa shape index (κ1) is 20.4. The van der Waals surface area contributed by atoms with Gasteiger partial charge in [-0.1, -0.05) is 64.0 Å². The van der Waals surface area contributed by atoms with E-state index in [1.54, 1.807) is 24.3 Å². The van der Waals surface area contributed by atoms with Crippen LogP contribution in [0.25, 0.3) is 11.5 Å². The molecule has 1 heterocycles. The van der Waals surface area contributed by atoms with Gasteiger partial charge in [0.2, 0.25) is 26.6 Å². The fraction of sp³-hybridized carbons (Fsp3) is 0.0870. The molecule has 5 nitrogen and oxygen atoms in total. The van der Waals surface area contributed by atoms with E-state index < -0.39 is 9.84 Å². The number of rotatable bonds is 6. The highest BCUT2D eigenvalue weighted by atomic mass is 79.9. The van der Waals surface area contributed by atoms with Crippen molar-refractivity contribution in [2.24, 2.45) is 0 Å². The van der Waals surface area contributed by atoms with Crippen LogP contribution in [0.2, 0.25) is 0 Å². The second-order valence-corrected chi connectivity index (χ2v) is 9.60. The number of nitrogens with zero attached hydrogens (tertiary/aromatic N) is 1. The van der Waals surface area contributed by atoms with Gasteiger partial charge in [-0.2, -0.15) is 4.98 Å². The molecule has 0 atom stereocenters. The molecule has 0 saturated heterocycles. The van der Waals surface area contributed by atoms with Crippen molar-refractivity contribution in [3.8, 4) is 11.5 Å². The van der Waals surface area contributed by atoms with Crippen LogP contribution in [0.4, 0.5) is 5.88 Å². The molecule has 1 N–H and O–H groups in total. The number of benzene rings is 3. The number of aromatic nitrogens is 1. The SMILES string of the molecule is Cc1ccc(S(=O)(=O)c2nc(-c3ccc(Br)cc3)oc2NCc2ccccc2)cc1. The topological polar surface area (TPSA) is 72.2 Å². The van der Waals surface area contributed by atoms with Crippen molar-refractivity contribution in [1.29, 1.82) is 0 Å². The Morgan fingerprint density at radius 3 is 2.27 bits per heavy atom. The predicted molar refractivity (Wildman–Crippen MR) is 120 cm³/mol. The van der Waals surface area contributed by atoms with Gasteiger partial charge in [0.05, 0.1) is 4.90 Å². The summed E-state index contributed by atoms with van der Waals surface area (Å²) in [6.45, 7) is 2.32. The molecule has 0 fully saturated rings. The highest BCUT2D eigenvalue weighted by Gasteiger charge is 2.28. The van der Waals surface area contributed by atoms with Crippen molar-refractivity contribution in [3.05, 3.63) is 94.5 Å². The normalized spacial score (nSPS) is 11.4. The van der Waals surface area contributed by atoms with E-state index in [0.29, 0.717) is 12.1 Å². The molecule has 0 saturated carbocycles. The average Bonchev–Trinajstić information content (AvgIpc) is 3.19. The fourth-order valence-electron chi connectivity index (χ4n) is 2.92. The summed E-state index contributed by atoms with van der Waals surface area (Å²) >= 11 is 3.40. The highest BCUT2D eigenvalue weighted by molar-refractivity contribution is 9.10. The number of sulfone groups is 1. The lowest BCUT2D eigenvalue weighted by Gasteiger charge is -2.06. The summed E-state index contributed by atoms with van der Waals surface area (Å²) in [5.74, 6) is 0.362. The van der Waals surface area contributed by atoms with Crippen LogP contribution in [0.15, 0.2) is 97.7 Å². The lowest BCUT2D eigenvalue weighted by Crippen LogP contribution is -2.07. The minimum absolute atomic E-state index is 0.123. The standard InChI is InChI=1S/C23H19BrN2O3S/c1-16-7-13-20(14-8-16)30(27,28)23-22(25-15-17-5-3-2-4-6-17)29-21(26-23)18-9-11-19(24)12-10-18/h2-14,25H,15H2,1H3. The second-order valence-electron chi connectivity index (χ2n) is 6.82. The monoisotopic (exact) mass is 482 g/mol. The molecule has 152 valence electrons. The Bertz CT molecular complexity index is 1250. The number of hydrogen-bond acceptors (Lipinski definition) is 5. The zero-order chi connectivity index (χ0) is 21.1. The quantitative estimate of drug-likeness (QED) is 0.372. The Balaban J connectivity index is 1.76. The second kappa shape index (κ2) is 8.45. The molecule has 4 aromatic rings. The van der Waals surface area contributed by atoms with Crippen LogP contribution in [0, 0.1) is 6.92 Å². The summed E-state index contributed by atoms with van der Waals surface area (Å²) in [6.07, 6.45) is 0. The Morgan fingerprint density at radius 1 is 0.933 bits per heavy atom. The smallest absolute Gasteiger partial charge is 0.234 e. The van der Waals surface area contributed by atoms with E-state index in [2.05, 4.69) is 26.2 Å². The van der Waals surface area contributed by atoms with Crippen molar-refractivity contribution >= 4 is 31.7 Å².